The standard InChI is InChI=1S/C17H15N3O2/c21-17(20-19-9-3-5-14-6-4-10-22-14)11-13-12-18-16-8-2-1-7-15(13)16/h1-10,12,18H,11H2,(H,20,21)/b5-3-,19-9?. The molecule has 1 aromatic carbocycles. The van der Waals surface area contributed by atoms with Crippen molar-refractivity contribution in [2.24, 2.45) is 5.10 Å². The first-order chi connectivity index (χ1) is 10.8. The largest absolute Gasteiger partial charge is 0.465 e. The molecular formula is C17H15N3O2. The van der Waals surface area contributed by atoms with Crippen molar-refractivity contribution in [2.45, 2.75) is 6.42 Å². The molecule has 0 aliphatic heterocycles. The van der Waals surface area contributed by atoms with Gasteiger partial charge < -0.3 is 9.40 Å². The van der Waals surface area contributed by atoms with E-state index in [4.69, 9.17) is 4.42 Å². The number of rotatable bonds is 5. The average molecular weight is 293 g/mol. The van der Waals surface area contributed by atoms with E-state index < -0.39 is 0 Å². The number of furan rings is 1. The zero-order chi connectivity index (χ0) is 15.2. The number of benzene rings is 1. The number of hydrazone groups is 1. The molecule has 5 heteroatoms. The van der Waals surface area contributed by atoms with E-state index in [9.17, 15) is 4.79 Å². The lowest BCUT2D eigenvalue weighted by Crippen LogP contribution is -2.19. The summed E-state index contributed by atoms with van der Waals surface area (Å²) in [5.41, 5.74) is 4.48. The number of nitrogens with one attached hydrogen (secondary N) is 2. The molecule has 0 radical (unpaired) electrons. The maximum atomic E-state index is 11.9. The molecule has 0 saturated carbocycles. The van der Waals surface area contributed by atoms with Crippen LogP contribution in [0.3, 0.4) is 0 Å². The van der Waals surface area contributed by atoms with Crippen LogP contribution in [0.1, 0.15) is 11.3 Å². The Hall–Kier alpha value is -3.08. The first-order valence-electron chi connectivity index (χ1n) is 6.90. The van der Waals surface area contributed by atoms with Gasteiger partial charge in [-0.1, -0.05) is 18.2 Å². The van der Waals surface area contributed by atoms with Crippen LogP contribution in [0.5, 0.6) is 0 Å². The van der Waals surface area contributed by atoms with E-state index in [1.807, 2.05) is 36.5 Å². The van der Waals surface area contributed by atoms with Gasteiger partial charge >= 0.3 is 0 Å². The smallest absolute Gasteiger partial charge is 0.244 e. The normalized spacial score (nSPS) is 11.6. The molecule has 0 atom stereocenters. The summed E-state index contributed by atoms with van der Waals surface area (Å²) >= 11 is 0. The summed E-state index contributed by atoms with van der Waals surface area (Å²) in [7, 11) is 0. The van der Waals surface area contributed by atoms with Crippen LogP contribution >= 0.6 is 0 Å². The van der Waals surface area contributed by atoms with E-state index in [0.29, 0.717) is 0 Å². The van der Waals surface area contributed by atoms with Gasteiger partial charge in [0, 0.05) is 23.3 Å². The molecule has 110 valence electrons. The number of amides is 1. The minimum atomic E-state index is -0.160. The van der Waals surface area contributed by atoms with Crippen molar-refractivity contribution < 1.29 is 9.21 Å². The summed E-state index contributed by atoms with van der Waals surface area (Å²) in [6.07, 6.45) is 8.70. The quantitative estimate of drug-likeness (QED) is 0.560. The summed E-state index contributed by atoms with van der Waals surface area (Å²) in [5.74, 6) is 0.573. The fourth-order valence-electron chi connectivity index (χ4n) is 2.17. The molecule has 2 aromatic heterocycles. The van der Waals surface area contributed by atoms with Gasteiger partial charge in [-0.25, -0.2) is 5.43 Å². The molecule has 0 saturated heterocycles. The molecule has 5 nitrogen and oxygen atoms in total. The number of nitrogens with zero attached hydrogens (tertiary/aromatic N) is 1. The van der Waals surface area contributed by atoms with E-state index in [2.05, 4.69) is 15.5 Å². The predicted molar refractivity (Wildman–Crippen MR) is 86.4 cm³/mol. The SMILES string of the molecule is O=C(Cc1c[nH]c2ccccc12)NN=C/C=C\c1ccco1. The summed E-state index contributed by atoms with van der Waals surface area (Å²) < 4.78 is 5.13. The van der Waals surface area contributed by atoms with Gasteiger partial charge in [-0.05, 0) is 35.9 Å². The lowest BCUT2D eigenvalue weighted by molar-refractivity contribution is -0.120. The summed E-state index contributed by atoms with van der Waals surface area (Å²) in [6, 6.07) is 11.5. The molecule has 3 aromatic rings. The number of aromatic nitrogens is 1. The third-order valence-corrected chi connectivity index (χ3v) is 3.18. The minimum Gasteiger partial charge on any atom is -0.465 e. The first kappa shape index (κ1) is 13.9. The maximum Gasteiger partial charge on any atom is 0.244 e. The van der Waals surface area contributed by atoms with Crippen molar-refractivity contribution in [1.29, 1.82) is 0 Å². The van der Waals surface area contributed by atoms with Gasteiger partial charge in [-0.15, -0.1) is 0 Å². The number of para-hydroxylation sites is 1. The van der Waals surface area contributed by atoms with Crippen LogP contribution in [-0.2, 0) is 11.2 Å². The Morgan fingerprint density at radius 1 is 1.27 bits per heavy atom. The first-order valence-corrected chi connectivity index (χ1v) is 6.90. The fraction of sp³-hybridized carbons (Fsp3) is 0.0588. The van der Waals surface area contributed by atoms with Gasteiger partial charge in [-0.3, -0.25) is 4.79 Å². The molecule has 0 aliphatic rings. The van der Waals surface area contributed by atoms with Crippen LogP contribution in [0, 0.1) is 0 Å². The average Bonchev–Trinajstić information content (AvgIpc) is 3.17. The lowest BCUT2D eigenvalue weighted by Gasteiger charge is -1.98. The predicted octanol–water partition coefficient (Wildman–Crippen LogP) is 3.12. The summed E-state index contributed by atoms with van der Waals surface area (Å²) in [5, 5.41) is 4.92. The lowest BCUT2D eigenvalue weighted by atomic mass is 10.1. The Bertz CT molecular complexity index is 813. The topological polar surface area (TPSA) is 70.4 Å². The van der Waals surface area contributed by atoms with Crippen molar-refractivity contribution in [3.05, 3.63) is 66.3 Å². The van der Waals surface area contributed by atoms with Gasteiger partial charge in [0.25, 0.3) is 0 Å². The van der Waals surface area contributed by atoms with E-state index in [1.54, 1.807) is 24.5 Å². The van der Waals surface area contributed by atoms with Crippen molar-refractivity contribution in [3.8, 4) is 0 Å². The summed E-state index contributed by atoms with van der Waals surface area (Å²) in [6.45, 7) is 0. The highest BCUT2D eigenvalue weighted by Crippen LogP contribution is 2.17. The highest BCUT2D eigenvalue weighted by atomic mass is 16.3. The van der Waals surface area contributed by atoms with Gasteiger partial charge in [0.1, 0.15) is 5.76 Å². The molecule has 22 heavy (non-hydrogen) atoms. The third kappa shape index (κ3) is 3.32. The van der Waals surface area contributed by atoms with Crippen LogP contribution in [0.2, 0.25) is 0 Å². The van der Waals surface area contributed by atoms with Crippen molar-refractivity contribution >= 4 is 29.1 Å². The molecule has 3 rings (SSSR count). The molecule has 2 N–H and O–H groups in total. The van der Waals surface area contributed by atoms with Gasteiger partial charge in [-0.2, -0.15) is 5.10 Å². The van der Waals surface area contributed by atoms with E-state index in [1.165, 1.54) is 6.21 Å². The number of hydrogen-bond donors (Lipinski definition) is 2. The monoisotopic (exact) mass is 293 g/mol. The van der Waals surface area contributed by atoms with E-state index >= 15 is 0 Å². The number of carbonyl (C=O) groups excluding carboxylic acids is 1. The Labute approximate surface area is 127 Å². The number of hydrogen-bond acceptors (Lipinski definition) is 3. The van der Waals surface area contributed by atoms with Crippen LogP contribution < -0.4 is 5.43 Å². The number of allylic oxidation sites excluding steroid dienone is 1. The molecule has 0 spiro atoms. The Balaban J connectivity index is 1.54. The molecule has 0 bridgehead atoms. The van der Waals surface area contributed by atoms with Gasteiger partial charge in [0.2, 0.25) is 5.91 Å². The second-order valence-electron chi connectivity index (χ2n) is 4.72. The Morgan fingerprint density at radius 2 is 2.18 bits per heavy atom. The fourth-order valence-corrected chi connectivity index (χ4v) is 2.17. The second kappa shape index (κ2) is 6.58. The molecule has 0 fully saturated rings. The molecular weight excluding hydrogens is 278 g/mol. The van der Waals surface area contributed by atoms with Gasteiger partial charge in [0.05, 0.1) is 12.7 Å². The molecule has 1 amide bonds. The van der Waals surface area contributed by atoms with Crippen LogP contribution in [0.15, 0.2) is 64.5 Å². The highest BCUT2D eigenvalue weighted by molar-refractivity contribution is 5.89. The van der Waals surface area contributed by atoms with Crippen molar-refractivity contribution in [1.82, 2.24) is 10.4 Å². The maximum absolute atomic E-state index is 11.9. The second-order valence-corrected chi connectivity index (χ2v) is 4.72. The van der Waals surface area contributed by atoms with E-state index in [0.717, 1.165) is 22.2 Å². The zero-order valence-electron chi connectivity index (χ0n) is 11.8. The molecule has 0 aliphatic carbocycles. The number of H-pyrrole nitrogens is 1. The van der Waals surface area contributed by atoms with Crippen LogP contribution in [-0.4, -0.2) is 17.1 Å². The van der Waals surface area contributed by atoms with Crippen molar-refractivity contribution in [3.63, 3.8) is 0 Å². The Morgan fingerprint density at radius 3 is 3.05 bits per heavy atom. The molecule has 0 unspecified atom stereocenters. The Kier molecular flexibility index (Phi) is 4.15. The number of carbonyl (C=O) groups is 1. The van der Waals surface area contributed by atoms with Crippen molar-refractivity contribution in [2.75, 3.05) is 0 Å². The highest BCUT2D eigenvalue weighted by Gasteiger charge is 2.07. The zero-order valence-corrected chi connectivity index (χ0v) is 11.8. The van der Waals surface area contributed by atoms with Crippen LogP contribution in [0.4, 0.5) is 0 Å². The number of fused-ring (bicyclic) bond motifs is 1. The minimum absolute atomic E-state index is 0.160. The molecule has 2 heterocycles. The van der Waals surface area contributed by atoms with Crippen LogP contribution in [0.25, 0.3) is 17.0 Å². The van der Waals surface area contributed by atoms with Gasteiger partial charge in [0.15, 0.2) is 0 Å². The summed E-state index contributed by atoms with van der Waals surface area (Å²) in [4.78, 5) is 15.0. The number of aromatic amines is 1. The van der Waals surface area contributed by atoms with E-state index in [-0.39, 0.29) is 12.3 Å². The third-order valence-electron chi connectivity index (χ3n) is 3.18.